The van der Waals surface area contributed by atoms with E-state index in [1.807, 2.05) is 30.5 Å². The summed E-state index contributed by atoms with van der Waals surface area (Å²) in [5.41, 5.74) is 3.27. The quantitative estimate of drug-likeness (QED) is 0.711. The molecule has 0 bridgehead atoms. The molecule has 0 aliphatic carbocycles. The molecule has 1 aromatic carbocycles. The first-order valence-corrected chi connectivity index (χ1v) is 9.54. The molecule has 5 nitrogen and oxygen atoms in total. The maximum absolute atomic E-state index is 12.9. The number of ketones is 1. The van der Waals surface area contributed by atoms with Gasteiger partial charge in [-0.05, 0) is 44.9 Å². The molecule has 2 aromatic rings. The lowest BCUT2D eigenvalue weighted by Gasteiger charge is -2.32. The third kappa shape index (κ3) is 4.15. The molecule has 0 saturated carbocycles. The van der Waals surface area contributed by atoms with Crippen molar-refractivity contribution in [2.75, 3.05) is 20.2 Å². The van der Waals surface area contributed by atoms with Crippen molar-refractivity contribution in [3.63, 3.8) is 0 Å². The molecule has 2 heterocycles. The van der Waals surface area contributed by atoms with Gasteiger partial charge in [-0.3, -0.25) is 14.4 Å². The average Bonchev–Trinajstić information content (AvgIpc) is 3.01. The van der Waals surface area contributed by atoms with E-state index in [4.69, 9.17) is 4.74 Å². The Balaban J connectivity index is 1.66. The van der Waals surface area contributed by atoms with Gasteiger partial charge in [0.2, 0.25) is 0 Å². The largest absolute Gasteiger partial charge is 0.497 e. The van der Waals surface area contributed by atoms with E-state index < -0.39 is 0 Å². The fourth-order valence-electron chi connectivity index (χ4n) is 3.74. The SMILES string of the molecule is CCCn1ncc(CN2CCC[C@H](C(=O)c3cccc(OC)c3)C2)c1C. The van der Waals surface area contributed by atoms with Gasteiger partial charge in [-0.2, -0.15) is 5.10 Å². The first-order chi connectivity index (χ1) is 12.6. The van der Waals surface area contributed by atoms with E-state index in [0.29, 0.717) is 0 Å². The van der Waals surface area contributed by atoms with Crippen LogP contribution < -0.4 is 4.74 Å². The van der Waals surface area contributed by atoms with Crippen molar-refractivity contribution < 1.29 is 9.53 Å². The monoisotopic (exact) mass is 355 g/mol. The summed E-state index contributed by atoms with van der Waals surface area (Å²) in [5, 5.41) is 4.50. The normalized spacial score (nSPS) is 18.0. The predicted octanol–water partition coefficient (Wildman–Crippen LogP) is 3.71. The first kappa shape index (κ1) is 18.6. The Labute approximate surface area is 156 Å². The third-order valence-electron chi connectivity index (χ3n) is 5.26. The van der Waals surface area contributed by atoms with Crippen LogP contribution in [0.25, 0.3) is 0 Å². The maximum atomic E-state index is 12.9. The van der Waals surface area contributed by atoms with E-state index in [0.717, 1.165) is 56.8 Å². The van der Waals surface area contributed by atoms with Crippen LogP contribution in [-0.2, 0) is 13.1 Å². The van der Waals surface area contributed by atoms with Gasteiger partial charge in [-0.15, -0.1) is 0 Å². The number of likely N-dealkylation sites (tertiary alicyclic amines) is 1. The van der Waals surface area contributed by atoms with Crippen LogP contribution in [0.4, 0.5) is 0 Å². The summed E-state index contributed by atoms with van der Waals surface area (Å²) in [7, 11) is 1.63. The molecule has 1 aliphatic rings. The topological polar surface area (TPSA) is 47.4 Å². The molecule has 26 heavy (non-hydrogen) atoms. The molecule has 5 heteroatoms. The molecule has 1 atom stereocenters. The Bertz CT molecular complexity index is 753. The first-order valence-electron chi connectivity index (χ1n) is 9.54. The smallest absolute Gasteiger partial charge is 0.167 e. The summed E-state index contributed by atoms with van der Waals surface area (Å²) in [6, 6.07) is 7.50. The molecule has 0 amide bonds. The lowest BCUT2D eigenvalue weighted by molar-refractivity contribution is 0.0811. The standard InChI is InChI=1S/C21H29N3O2/c1-4-10-24-16(2)19(13-22-24)15-23-11-6-8-18(14-23)21(25)17-7-5-9-20(12-17)26-3/h5,7,9,12-13,18H,4,6,8,10-11,14-15H2,1-3H3/t18-/m0/s1. The molecule has 0 spiro atoms. The predicted molar refractivity (Wildman–Crippen MR) is 103 cm³/mol. The van der Waals surface area contributed by atoms with Crippen molar-refractivity contribution in [1.82, 2.24) is 14.7 Å². The van der Waals surface area contributed by atoms with Gasteiger partial charge in [-0.1, -0.05) is 19.1 Å². The average molecular weight is 355 g/mol. The van der Waals surface area contributed by atoms with Crippen LogP contribution in [-0.4, -0.2) is 40.7 Å². The lowest BCUT2D eigenvalue weighted by atomic mass is 9.89. The second-order valence-electron chi connectivity index (χ2n) is 7.15. The summed E-state index contributed by atoms with van der Waals surface area (Å²) in [4.78, 5) is 15.3. The van der Waals surface area contributed by atoms with Crippen molar-refractivity contribution in [3.8, 4) is 5.75 Å². The Kier molecular flexibility index (Phi) is 6.09. The van der Waals surface area contributed by atoms with Crippen LogP contribution in [0.5, 0.6) is 5.75 Å². The minimum atomic E-state index is 0.0573. The molecule has 0 N–H and O–H groups in total. The second kappa shape index (κ2) is 8.49. The van der Waals surface area contributed by atoms with Crippen LogP contribution in [0.3, 0.4) is 0 Å². The zero-order chi connectivity index (χ0) is 18.5. The van der Waals surface area contributed by atoms with Crippen LogP contribution in [0, 0.1) is 12.8 Å². The molecule has 3 rings (SSSR count). The number of aryl methyl sites for hydroxylation is 1. The van der Waals surface area contributed by atoms with E-state index >= 15 is 0 Å². The van der Waals surface area contributed by atoms with Gasteiger partial charge in [0.25, 0.3) is 0 Å². The Hall–Kier alpha value is -2.14. The number of carbonyl (C=O) groups excluding carboxylic acids is 1. The van der Waals surface area contributed by atoms with E-state index in [2.05, 4.69) is 28.5 Å². The summed E-state index contributed by atoms with van der Waals surface area (Å²) < 4.78 is 7.34. The molecular formula is C21H29N3O2. The molecule has 0 radical (unpaired) electrons. The van der Waals surface area contributed by atoms with Crippen molar-refractivity contribution in [3.05, 3.63) is 47.3 Å². The summed E-state index contributed by atoms with van der Waals surface area (Å²) in [6.45, 7) is 8.00. The summed E-state index contributed by atoms with van der Waals surface area (Å²) in [6.07, 6.45) is 5.09. The van der Waals surface area contributed by atoms with Gasteiger partial charge >= 0.3 is 0 Å². The van der Waals surface area contributed by atoms with Crippen LogP contribution >= 0.6 is 0 Å². The van der Waals surface area contributed by atoms with Crippen LogP contribution in [0.1, 0.15) is 47.8 Å². The van der Waals surface area contributed by atoms with Gasteiger partial charge in [-0.25, -0.2) is 0 Å². The number of hydrogen-bond acceptors (Lipinski definition) is 4. The summed E-state index contributed by atoms with van der Waals surface area (Å²) >= 11 is 0. The number of nitrogens with zero attached hydrogens (tertiary/aromatic N) is 3. The maximum Gasteiger partial charge on any atom is 0.167 e. The zero-order valence-corrected chi connectivity index (χ0v) is 16.1. The highest BCUT2D eigenvalue weighted by molar-refractivity contribution is 5.98. The number of rotatable bonds is 7. The molecule has 1 fully saturated rings. The number of piperidine rings is 1. The number of benzene rings is 1. The molecule has 0 unspecified atom stereocenters. The van der Waals surface area contributed by atoms with Crippen molar-refractivity contribution in [2.45, 2.75) is 46.2 Å². The highest BCUT2D eigenvalue weighted by Crippen LogP contribution is 2.24. The highest BCUT2D eigenvalue weighted by atomic mass is 16.5. The Morgan fingerprint density at radius 2 is 2.23 bits per heavy atom. The Morgan fingerprint density at radius 1 is 1.38 bits per heavy atom. The van der Waals surface area contributed by atoms with Crippen molar-refractivity contribution >= 4 is 5.78 Å². The second-order valence-corrected chi connectivity index (χ2v) is 7.15. The number of aromatic nitrogens is 2. The van der Waals surface area contributed by atoms with Crippen molar-refractivity contribution in [1.29, 1.82) is 0 Å². The zero-order valence-electron chi connectivity index (χ0n) is 16.1. The van der Waals surface area contributed by atoms with Gasteiger partial charge in [0.1, 0.15) is 5.75 Å². The van der Waals surface area contributed by atoms with Crippen molar-refractivity contribution in [2.24, 2.45) is 5.92 Å². The number of carbonyl (C=O) groups is 1. The number of ether oxygens (including phenoxy) is 1. The molecule has 140 valence electrons. The molecule has 1 saturated heterocycles. The fraction of sp³-hybridized carbons (Fsp3) is 0.524. The Morgan fingerprint density at radius 3 is 3.00 bits per heavy atom. The third-order valence-corrected chi connectivity index (χ3v) is 5.26. The highest BCUT2D eigenvalue weighted by Gasteiger charge is 2.27. The van der Waals surface area contributed by atoms with Crippen LogP contribution in [0.15, 0.2) is 30.5 Å². The van der Waals surface area contributed by atoms with E-state index in [-0.39, 0.29) is 11.7 Å². The van der Waals surface area contributed by atoms with E-state index in [9.17, 15) is 4.79 Å². The number of Topliss-reactive ketones (excluding diaryl/α,β-unsaturated/α-hetero) is 1. The summed E-state index contributed by atoms with van der Waals surface area (Å²) in [5.74, 6) is 1.02. The van der Waals surface area contributed by atoms with Gasteiger partial charge in [0.15, 0.2) is 5.78 Å². The number of hydrogen-bond donors (Lipinski definition) is 0. The van der Waals surface area contributed by atoms with E-state index in [1.165, 1.54) is 11.3 Å². The van der Waals surface area contributed by atoms with Gasteiger partial charge in [0, 0.05) is 42.4 Å². The lowest BCUT2D eigenvalue weighted by Crippen LogP contribution is -2.38. The van der Waals surface area contributed by atoms with E-state index in [1.54, 1.807) is 7.11 Å². The van der Waals surface area contributed by atoms with Crippen LogP contribution in [0.2, 0.25) is 0 Å². The molecule has 1 aromatic heterocycles. The van der Waals surface area contributed by atoms with Gasteiger partial charge < -0.3 is 4.74 Å². The minimum Gasteiger partial charge on any atom is -0.497 e. The fourth-order valence-corrected chi connectivity index (χ4v) is 3.74. The molecular weight excluding hydrogens is 326 g/mol. The molecule has 1 aliphatic heterocycles. The minimum absolute atomic E-state index is 0.0573. The number of methoxy groups -OCH3 is 1. The van der Waals surface area contributed by atoms with Gasteiger partial charge in [0.05, 0.1) is 13.3 Å².